The number of aromatic nitrogens is 4. The van der Waals surface area contributed by atoms with E-state index in [0.29, 0.717) is 23.2 Å². The molecule has 0 aliphatic carbocycles. The largest absolute Gasteiger partial charge is 0.417 e. The molecule has 0 unspecified atom stereocenters. The number of alkyl halides is 3. The van der Waals surface area contributed by atoms with Crippen molar-refractivity contribution in [3.8, 4) is 17.2 Å². The highest BCUT2D eigenvalue weighted by Crippen LogP contribution is 2.42. The van der Waals surface area contributed by atoms with Crippen molar-refractivity contribution < 1.29 is 22.4 Å². The smallest absolute Gasteiger partial charge is 0.366 e. The number of carbonyl (C=O) groups excluding carboxylic acids is 1. The third-order valence-corrected chi connectivity index (χ3v) is 6.16. The van der Waals surface area contributed by atoms with Gasteiger partial charge in [0, 0.05) is 35.5 Å². The lowest BCUT2D eigenvalue weighted by Crippen LogP contribution is -2.21. The molecule has 2 aromatic carbocycles. The maximum atomic E-state index is 14.8. The van der Waals surface area contributed by atoms with Crippen molar-refractivity contribution >= 4 is 17.5 Å². The molecule has 4 aromatic rings. The third kappa shape index (κ3) is 6.85. The van der Waals surface area contributed by atoms with Crippen LogP contribution in [0.2, 0.25) is 0 Å². The third-order valence-electron chi connectivity index (χ3n) is 6.16. The van der Waals surface area contributed by atoms with Gasteiger partial charge in [-0.3, -0.25) is 9.89 Å². The highest BCUT2D eigenvalue weighted by atomic mass is 19.4. The SMILES string of the molecule is Cc1nc(C#N)cc(Nc2cc(CCc3cc(-c4c(C(N)=O)ccc(CN(C)C)c4C(F)(F)F)ccc3F)[nH]n2)n1. The van der Waals surface area contributed by atoms with Crippen LogP contribution in [0.15, 0.2) is 42.5 Å². The number of rotatable bonds is 9. The maximum absolute atomic E-state index is 14.8. The number of nitrogens with two attached hydrogens (primary N) is 1. The van der Waals surface area contributed by atoms with E-state index >= 15 is 0 Å². The first-order valence-electron chi connectivity index (χ1n) is 12.4. The van der Waals surface area contributed by atoms with Gasteiger partial charge < -0.3 is 16.0 Å². The Labute approximate surface area is 233 Å². The average Bonchev–Trinajstić information content (AvgIpc) is 3.33. The molecular formula is C28H26F4N8O. The van der Waals surface area contributed by atoms with Gasteiger partial charge in [0.2, 0.25) is 5.91 Å². The second-order valence-electron chi connectivity index (χ2n) is 9.63. The lowest BCUT2D eigenvalue weighted by atomic mass is 9.88. The van der Waals surface area contributed by atoms with Gasteiger partial charge in [0.15, 0.2) is 5.82 Å². The summed E-state index contributed by atoms with van der Waals surface area (Å²) in [7, 11) is 3.26. The van der Waals surface area contributed by atoms with Crippen LogP contribution < -0.4 is 11.1 Å². The summed E-state index contributed by atoms with van der Waals surface area (Å²) in [5, 5.41) is 19.0. The van der Waals surface area contributed by atoms with Gasteiger partial charge in [-0.05, 0) is 68.8 Å². The van der Waals surface area contributed by atoms with Gasteiger partial charge in [0.1, 0.15) is 29.2 Å². The molecule has 9 nitrogen and oxygen atoms in total. The van der Waals surface area contributed by atoms with Crippen molar-refractivity contribution in [1.82, 2.24) is 25.1 Å². The Morgan fingerprint density at radius 2 is 1.83 bits per heavy atom. The van der Waals surface area contributed by atoms with Crippen LogP contribution in [0.4, 0.5) is 29.2 Å². The number of amides is 1. The highest BCUT2D eigenvalue weighted by Gasteiger charge is 2.38. The Morgan fingerprint density at radius 3 is 2.49 bits per heavy atom. The Balaban J connectivity index is 1.64. The molecule has 0 fully saturated rings. The molecule has 0 saturated heterocycles. The van der Waals surface area contributed by atoms with Crippen LogP contribution in [-0.2, 0) is 25.6 Å². The molecule has 0 atom stereocenters. The second-order valence-corrected chi connectivity index (χ2v) is 9.63. The number of aromatic amines is 1. The number of halogens is 4. The Bertz CT molecular complexity index is 1640. The fourth-order valence-corrected chi connectivity index (χ4v) is 4.51. The number of aryl methyl sites for hydroxylation is 3. The summed E-state index contributed by atoms with van der Waals surface area (Å²) >= 11 is 0. The molecule has 41 heavy (non-hydrogen) atoms. The maximum Gasteiger partial charge on any atom is 0.417 e. The molecule has 0 bridgehead atoms. The summed E-state index contributed by atoms with van der Waals surface area (Å²) in [5.41, 5.74) is 4.75. The number of hydrogen-bond donors (Lipinski definition) is 3. The van der Waals surface area contributed by atoms with Crippen molar-refractivity contribution in [3.63, 3.8) is 0 Å². The molecule has 0 aliphatic rings. The van der Waals surface area contributed by atoms with E-state index in [1.54, 1.807) is 32.0 Å². The van der Waals surface area contributed by atoms with Gasteiger partial charge in [-0.25, -0.2) is 14.4 Å². The van der Waals surface area contributed by atoms with Gasteiger partial charge in [-0.2, -0.15) is 23.5 Å². The fourth-order valence-electron chi connectivity index (χ4n) is 4.51. The van der Waals surface area contributed by atoms with Crippen molar-refractivity contribution in [2.24, 2.45) is 5.73 Å². The lowest BCUT2D eigenvalue weighted by Gasteiger charge is -2.22. The molecule has 13 heteroatoms. The van der Waals surface area contributed by atoms with E-state index in [4.69, 9.17) is 11.0 Å². The van der Waals surface area contributed by atoms with Gasteiger partial charge in [0.05, 0.1) is 5.56 Å². The monoisotopic (exact) mass is 566 g/mol. The molecule has 0 saturated carbocycles. The normalized spacial score (nSPS) is 11.5. The molecule has 212 valence electrons. The Morgan fingerprint density at radius 1 is 1.07 bits per heavy atom. The van der Waals surface area contributed by atoms with Crippen LogP contribution >= 0.6 is 0 Å². The van der Waals surface area contributed by atoms with Gasteiger partial charge in [-0.1, -0.05) is 12.1 Å². The number of H-pyrrole nitrogens is 1. The predicted octanol–water partition coefficient (Wildman–Crippen LogP) is 4.89. The average molecular weight is 567 g/mol. The molecule has 4 rings (SSSR count). The van der Waals surface area contributed by atoms with Crippen molar-refractivity contribution in [2.45, 2.75) is 32.5 Å². The van der Waals surface area contributed by atoms with Crippen LogP contribution in [-0.4, -0.2) is 45.1 Å². The van der Waals surface area contributed by atoms with Crippen molar-refractivity contribution in [1.29, 1.82) is 5.26 Å². The van der Waals surface area contributed by atoms with Gasteiger partial charge in [0.25, 0.3) is 0 Å². The van der Waals surface area contributed by atoms with E-state index in [9.17, 15) is 22.4 Å². The topological polar surface area (TPSA) is 137 Å². The fraction of sp³-hybridized carbons (Fsp3) is 0.250. The molecule has 1 amide bonds. The Kier molecular flexibility index (Phi) is 8.34. The van der Waals surface area contributed by atoms with Crippen LogP contribution in [0.1, 0.15) is 44.3 Å². The zero-order valence-electron chi connectivity index (χ0n) is 22.4. The molecule has 2 aromatic heterocycles. The summed E-state index contributed by atoms with van der Waals surface area (Å²) in [6.45, 7) is 1.62. The summed E-state index contributed by atoms with van der Waals surface area (Å²) < 4.78 is 58.0. The van der Waals surface area contributed by atoms with Gasteiger partial charge >= 0.3 is 6.18 Å². The van der Waals surface area contributed by atoms with Crippen molar-refractivity contribution in [2.75, 3.05) is 19.4 Å². The van der Waals surface area contributed by atoms with E-state index < -0.39 is 23.5 Å². The minimum Gasteiger partial charge on any atom is -0.366 e. The first-order valence-corrected chi connectivity index (χ1v) is 12.4. The highest BCUT2D eigenvalue weighted by molar-refractivity contribution is 6.01. The summed E-state index contributed by atoms with van der Waals surface area (Å²) in [5.74, 6) is -0.460. The number of benzene rings is 2. The quantitative estimate of drug-likeness (QED) is 0.245. The summed E-state index contributed by atoms with van der Waals surface area (Å²) in [4.78, 5) is 22.0. The van der Waals surface area contributed by atoms with Gasteiger partial charge in [-0.15, -0.1) is 0 Å². The number of anilines is 2. The Hall–Kier alpha value is -4.83. The molecule has 0 aliphatic heterocycles. The van der Waals surface area contributed by atoms with E-state index in [1.807, 2.05) is 6.07 Å². The zero-order chi connectivity index (χ0) is 29.9. The van der Waals surface area contributed by atoms with E-state index in [1.165, 1.54) is 30.3 Å². The minimum atomic E-state index is -4.80. The van der Waals surface area contributed by atoms with Crippen LogP contribution in [0.25, 0.3) is 11.1 Å². The first kappa shape index (κ1) is 29.2. The van der Waals surface area contributed by atoms with E-state index in [2.05, 4.69) is 25.5 Å². The molecular weight excluding hydrogens is 540 g/mol. The van der Waals surface area contributed by atoms with Crippen LogP contribution in [0.3, 0.4) is 0 Å². The van der Waals surface area contributed by atoms with E-state index in [-0.39, 0.29) is 52.9 Å². The number of nitrogens with one attached hydrogen (secondary N) is 2. The number of hydrogen-bond acceptors (Lipinski definition) is 7. The first-order chi connectivity index (χ1) is 19.3. The lowest BCUT2D eigenvalue weighted by molar-refractivity contribution is -0.137. The zero-order valence-corrected chi connectivity index (χ0v) is 22.4. The second kappa shape index (κ2) is 11.7. The van der Waals surface area contributed by atoms with E-state index in [0.717, 1.165) is 6.07 Å². The van der Waals surface area contributed by atoms with Crippen LogP contribution in [0.5, 0.6) is 0 Å². The van der Waals surface area contributed by atoms with Crippen molar-refractivity contribution in [3.05, 3.63) is 87.7 Å². The molecule has 0 spiro atoms. The standard InChI is InChI=1S/C28H26F4N8O/c1-15-35-20(13-33)12-23(36-15)37-24-11-19(38-39-24)7-4-16-10-17(6-9-22(16)29)25-21(27(34)41)8-5-18(14-40(2)3)26(25)28(30,31)32/h5-6,8-12H,4,7,14H2,1-3H3,(H2,34,41)(H2,35,36,37,38,39). The number of carbonyl (C=O) groups is 1. The molecule has 2 heterocycles. The summed E-state index contributed by atoms with van der Waals surface area (Å²) in [6, 6.07) is 11.2. The number of nitriles is 1. The summed E-state index contributed by atoms with van der Waals surface area (Å²) in [6.07, 6.45) is -4.40. The molecule has 4 N–H and O–H groups in total. The number of nitrogens with zero attached hydrogens (tertiary/aromatic N) is 5. The predicted molar refractivity (Wildman–Crippen MR) is 144 cm³/mol. The van der Waals surface area contributed by atoms with Crippen LogP contribution in [0, 0.1) is 24.1 Å². The number of primary amides is 1. The minimum absolute atomic E-state index is 0.0301. The molecule has 0 radical (unpaired) electrons.